The number of esters is 2. The highest BCUT2D eigenvalue weighted by Crippen LogP contribution is 2.32. The molecule has 0 saturated carbocycles. The summed E-state index contributed by atoms with van der Waals surface area (Å²) in [5, 5.41) is 6.06. The normalized spacial score (nSPS) is 21.9. The van der Waals surface area contributed by atoms with Crippen molar-refractivity contribution in [2.24, 2.45) is 5.92 Å². The fraction of sp³-hybridized carbons (Fsp3) is 0.400. The molecule has 2 amide bonds. The monoisotopic (exact) mass is 604 g/mol. The number of nitrogens with one attached hydrogen (secondary N) is 2. The van der Waals surface area contributed by atoms with Gasteiger partial charge in [0, 0.05) is 35.0 Å². The standard InChI is InChI=1S/C30H34Cl2N2O7/c1-18(2)15-26-30(38)41-25(22-12-9-20(31)17-23(22)32)5-4-6-27(35)34-24(29(37)33-14-13-28(36)40-26)16-19-7-10-21(39-3)11-8-19/h4,6-12,17-18,24-26H,5,13-16H2,1-3H3,(H,33,37)(H,34,35)/b6-4+/t24-,25-,26-/m0/s1. The predicted octanol–water partition coefficient (Wildman–Crippen LogP) is 4.74. The van der Waals surface area contributed by atoms with E-state index in [1.165, 1.54) is 18.2 Å². The zero-order chi connectivity index (χ0) is 29.9. The topological polar surface area (TPSA) is 120 Å². The molecule has 0 bridgehead atoms. The summed E-state index contributed by atoms with van der Waals surface area (Å²) in [4.78, 5) is 51.7. The molecule has 2 aromatic carbocycles. The molecule has 41 heavy (non-hydrogen) atoms. The number of carbonyl (C=O) groups is 4. The van der Waals surface area contributed by atoms with Crippen LogP contribution in [0.1, 0.15) is 50.3 Å². The Kier molecular flexibility index (Phi) is 12.0. The van der Waals surface area contributed by atoms with Gasteiger partial charge >= 0.3 is 11.9 Å². The van der Waals surface area contributed by atoms with E-state index in [9.17, 15) is 19.2 Å². The van der Waals surface area contributed by atoms with Crippen molar-refractivity contribution in [1.82, 2.24) is 10.6 Å². The highest BCUT2D eigenvalue weighted by atomic mass is 35.5. The Labute approximate surface area is 249 Å². The van der Waals surface area contributed by atoms with Gasteiger partial charge in [-0.05, 0) is 48.2 Å². The first kappa shape index (κ1) is 32.0. The summed E-state index contributed by atoms with van der Waals surface area (Å²) in [6.45, 7) is 3.73. The average Bonchev–Trinajstić information content (AvgIpc) is 2.91. The third-order valence-electron chi connectivity index (χ3n) is 6.27. The molecule has 1 aliphatic rings. The number of rotatable bonds is 6. The second-order valence-electron chi connectivity index (χ2n) is 9.99. The van der Waals surface area contributed by atoms with Crippen LogP contribution < -0.4 is 15.4 Å². The van der Waals surface area contributed by atoms with E-state index in [0.29, 0.717) is 16.3 Å². The SMILES string of the molecule is COc1ccc(C[C@@H]2NC(=O)/C=C/C[C@@H](c3ccc(Cl)cc3Cl)OC(=O)[C@H](CC(C)C)OC(=O)CCNC2=O)cc1. The molecule has 1 aliphatic heterocycles. The molecule has 0 radical (unpaired) electrons. The molecule has 2 aromatic rings. The van der Waals surface area contributed by atoms with Gasteiger partial charge in [0.1, 0.15) is 17.9 Å². The van der Waals surface area contributed by atoms with Crippen LogP contribution in [-0.4, -0.2) is 49.6 Å². The molecule has 0 aliphatic carbocycles. The number of halogens is 2. The largest absolute Gasteiger partial charge is 0.497 e. The summed E-state index contributed by atoms with van der Waals surface area (Å²) in [7, 11) is 1.55. The lowest BCUT2D eigenvalue weighted by Gasteiger charge is -2.24. The van der Waals surface area contributed by atoms with Gasteiger partial charge < -0.3 is 24.8 Å². The maximum Gasteiger partial charge on any atom is 0.348 e. The Bertz CT molecular complexity index is 1260. The van der Waals surface area contributed by atoms with Crippen LogP contribution in [0.25, 0.3) is 0 Å². The van der Waals surface area contributed by atoms with E-state index in [2.05, 4.69) is 10.6 Å². The molecular weight excluding hydrogens is 571 g/mol. The Morgan fingerprint density at radius 3 is 2.41 bits per heavy atom. The van der Waals surface area contributed by atoms with Gasteiger partial charge in [-0.1, -0.05) is 61.3 Å². The van der Waals surface area contributed by atoms with Crippen molar-refractivity contribution in [3.63, 3.8) is 0 Å². The Hall–Kier alpha value is -3.56. The van der Waals surface area contributed by atoms with E-state index in [0.717, 1.165) is 5.56 Å². The first-order valence-electron chi connectivity index (χ1n) is 13.3. The molecule has 3 rings (SSSR count). The molecule has 0 fully saturated rings. The van der Waals surface area contributed by atoms with E-state index < -0.39 is 42.0 Å². The maximum absolute atomic E-state index is 13.2. The molecule has 1 heterocycles. The van der Waals surface area contributed by atoms with Gasteiger partial charge in [-0.2, -0.15) is 0 Å². The van der Waals surface area contributed by atoms with Gasteiger partial charge in [-0.15, -0.1) is 0 Å². The minimum atomic E-state index is -1.16. The van der Waals surface area contributed by atoms with Crippen LogP contribution in [0.4, 0.5) is 0 Å². The van der Waals surface area contributed by atoms with Crippen LogP contribution in [0, 0.1) is 5.92 Å². The number of methoxy groups -OCH3 is 1. The van der Waals surface area contributed by atoms with Crippen molar-refractivity contribution in [2.75, 3.05) is 13.7 Å². The quantitative estimate of drug-likeness (QED) is 0.457. The Morgan fingerprint density at radius 2 is 1.76 bits per heavy atom. The summed E-state index contributed by atoms with van der Waals surface area (Å²) in [6, 6.07) is 11.0. The molecule has 9 nitrogen and oxygen atoms in total. The number of hydrogen-bond acceptors (Lipinski definition) is 7. The minimum Gasteiger partial charge on any atom is -0.497 e. The molecule has 0 spiro atoms. The van der Waals surface area contributed by atoms with Crippen LogP contribution in [0.15, 0.2) is 54.6 Å². The maximum atomic E-state index is 13.2. The first-order valence-corrected chi connectivity index (χ1v) is 14.0. The average molecular weight is 606 g/mol. The highest BCUT2D eigenvalue weighted by molar-refractivity contribution is 6.35. The van der Waals surface area contributed by atoms with Crippen molar-refractivity contribution in [3.8, 4) is 5.75 Å². The summed E-state index contributed by atoms with van der Waals surface area (Å²) >= 11 is 12.5. The smallest absolute Gasteiger partial charge is 0.348 e. The fourth-order valence-electron chi connectivity index (χ4n) is 4.19. The molecule has 0 unspecified atom stereocenters. The number of benzene rings is 2. The second kappa shape index (κ2) is 15.4. The van der Waals surface area contributed by atoms with Gasteiger partial charge in [-0.25, -0.2) is 4.79 Å². The number of cyclic esters (lactones) is 2. The zero-order valence-corrected chi connectivity index (χ0v) is 24.7. The third kappa shape index (κ3) is 10.1. The van der Waals surface area contributed by atoms with Gasteiger partial charge in [0.05, 0.1) is 13.5 Å². The molecule has 220 valence electrons. The van der Waals surface area contributed by atoms with Crippen molar-refractivity contribution in [3.05, 3.63) is 75.8 Å². The molecule has 2 N–H and O–H groups in total. The number of hydrogen-bond donors (Lipinski definition) is 2. The van der Waals surface area contributed by atoms with E-state index >= 15 is 0 Å². The van der Waals surface area contributed by atoms with E-state index in [4.69, 9.17) is 37.4 Å². The molecule has 3 atom stereocenters. The summed E-state index contributed by atoms with van der Waals surface area (Å²) in [5.41, 5.74) is 1.27. The lowest BCUT2D eigenvalue weighted by Crippen LogP contribution is -2.48. The minimum absolute atomic E-state index is 0.0190. The zero-order valence-electron chi connectivity index (χ0n) is 23.2. The Balaban J connectivity index is 1.89. The highest BCUT2D eigenvalue weighted by Gasteiger charge is 2.30. The molecule has 0 saturated heterocycles. The van der Waals surface area contributed by atoms with Crippen molar-refractivity contribution in [1.29, 1.82) is 0 Å². The summed E-state index contributed by atoms with van der Waals surface area (Å²) in [5.74, 6) is -1.71. The van der Waals surface area contributed by atoms with Crippen LogP contribution in [0.3, 0.4) is 0 Å². The first-order chi connectivity index (χ1) is 19.5. The number of carbonyl (C=O) groups excluding carboxylic acids is 4. The van der Waals surface area contributed by atoms with Crippen LogP contribution >= 0.6 is 23.2 Å². The van der Waals surface area contributed by atoms with E-state index in [1.54, 1.807) is 43.5 Å². The van der Waals surface area contributed by atoms with E-state index in [-0.39, 0.29) is 43.2 Å². The molecule has 0 aromatic heterocycles. The van der Waals surface area contributed by atoms with Crippen molar-refractivity contribution >= 4 is 47.0 Å². The number of amides is 2. The Morgan fingerprint density at radius 1 is 1.02 bits per heavy atom. The fourth-order valence-corrected chi connectivity index (χ4v) is 4.72. The molecular formula is C30H34Cl2N2O7. The van der Waals surface area contributed by atoms with Crippen LogP contribution in [0.5, 0.6) is 5.75 Å². The van der Waals surface area contributed by atoms with Gasteiger partial charge in [0.15, 0.2) is 6.10 Å². The predicted molar refractivity (Wildman–Crippen MR) is 155 cm³/mol. The summed E-state index contributed by atoms with van der Waals surface area (Å²) < 4.78 is 16.5. The van der Waals surface area contributed by atoms with Gasteiger partial charge in [0.2, 0.25) is 11.8 Å². The lowest BCUT2D eigenvalue weighted by atomic mass is 10.0. The molecule has 11 heteroatoms. The van der Waals surface area contributed by atoms with Crippen molar-refractivity contribution in [2.45, 2.75) is 57.8 Å². The van der Waals surface area contributed by atoms with Gasteiger partial charge in [-0.3, -0.25) is 14.4 Å². The third-order valence-corrected chi connectivity index (χ3v) is 6.83. The lowest BCUT2D eigenvalue weighted by molar-refractivity contribution is -0.173. The second-order valence-corrected chi connectivity index (χ2v) is 10.8. The van der Waals surface area contributed by atoms with Crippen LogP contribution in [0.2, 0.25) is 10.0 Å². The number of ether oxygens (including phenoxy) is 3. The van der Waals surface area contributed by atoms with Crippen LogP contribution in [-0.2, 0) is 35.1 Å². The van der Waals surface area contributed by atoms with E-state index in [1.807, 2.05) is 13.8 Å². The summed E-state index contributed by atoms with van der Waals surface area (Å²) in [6.07, 6.45) is 1.09. The van der Waals surface area contributed by atoms with Gasteiger partial charge in [0.25, 0.3) is 0 Å². The van der Waals surface area contributed by atoms with Crippen molar-refractivity contribution < 1.29 is 33.4 Å².